The van der Waals surface area contributed by atoms with Gasteiger partial charge in [0.25, 0.3) is 0 Å². The molecule has 0 bridgehead atoms. The first-order valence-corrected chi connectivity index (χ1v) is 5.79. The number of hydrogen-bond acceptors (Lipinski definition) is 4. The van der Waals surface area contributed by atoms with Gasteiger partial charge in [-0.05, 0) is 19.8 Å². The van der Waals surface area contributed by atoms with E-state index in [0.717, 1.165) is 30.6 Å². The van der Waals surface area contributed by atoms with Gasteiger partial charge < -0.3 is 14.2 Å². The molecule has 0 saturated carbocycles. The van der Waals surface area contributed by atoms with Crippen LogP contribution in [-0.4, -0.2) is 38.0 Å². The normalized spacial score (nSPS) is 28.4. The van der Waals surface area contributed by atoms with Crippen LogP contribution in [0.1, 0.15) is 26.7 Å². The summed E-state index contributed by atoms with van der Waals surface area (Å²) >= 11 is 0. The lowest BCUT2D eigenvalue weighted by Crippen LogP contribution is -2.12. The Morgan fingerprint density at radius 2 is 1.94 bits per heavy atom. The zero-order valence-electron chi connectivity index (χ0n) is 9.82. The van der Waals surface area contributed by atoms with Gasteiger partial charge in [0, 0.05) is 5.57 Å². The Morgan fingerprint density at radius 1 is 1.31 bits per heavy atom. The summed E-state index contributed by atoms with van der Waals surface area (Å²) in [5.74, 6) is -0.215. The van der Waals surface area contributed by atoms with Gasteiger partial charge >= 0.3 is 5.97 Å². The molecule has 2 atom stereocenters. The molecule has 4 heteroatoms. The number of ether oxygens (including phenoxy) is 3. The van der Waals surface area contributed by atoms with Crippen LogP contribution in [0.4, 0.5) is 0 Å². The fourth-order valence-electron chi connectivity index (χ4n) is 1.61. The van der Waals surface area contributed by atoms with Crippen molar-refractivity contribution in [2.45, 2.75) is 38.9 Å². The molecule has 2 aliphatic heterocycles. The van der Waals surface area contributed by atoms with Gasteiger partial charge in [0.1, 0.15) is 12.7 Å². The molecule has 0 aromatic rings. The van der Waals surface area contributed by atoms with Crippen molar-refractivity contribution in [3.8, 4) is 0 Å². The molecule has 2 unspecified atom stereocenters. The van der Waals surface area contributed by atoms with E-state index in [1.165, 1.54) is 0 Å². The Kier molecular flexibility index (Phi) is 3.61. The molecule has 4 nitrogen and oxygen atoms in total. The van der Waals surface area contributed by atoms with Crippen LogP contribution in [0.3, 0.4) is 0 Å². The van der Waals surface area contributed by atoms with Crippen molar-refractivity contribution in [1.82, 2.24) is 0 Å². The third-order valence-electron chi connectivity index (χ3n) is 2.94. The molecule has 0 aromatic carbocycles. The van der Waals surface area contributed by atoms with Crippen LogP contribution in [0.5, 0.6) is 0 Å². The molecule has 90 valence electrons. The first-order chi connectivity index (χ1) is 7.70. The van der Waals surface area contributed by atoms with E-state index in [1.54, 1.807) is 0 Å². The van der Waals surface area contributed by atoms with Crippen LogP contribution < -0.4 is 0 Å². The minimum atomic E-state index is -0.215. The van der Waals surface area contributed by atoms with Gasteiger partial charge in [-0.1, -0.05) is 12.5 Å². The molecule has 16 heavy (non-hydrogen) atoms. The maximum absolute atomic E-state index is 11.7. The molecule has 2 fully saturated rings. The van der Waals surface area contributed by atoms with Crippen molar-refractivity contribution in [3.63, 3.8) is 0 Å². The zero-order chi connectivity index (χ0) is 11.5. The monoisotopic (exact) mass is 226 g/mol. The van der Waals surface area contributed by atoms with Gasteiger partial charge in [0.15, 0.2) is 0 Å². The van der Waals surface area contributed by atoms with Crippen molar-refractivity contribution in [1.29, 1.82) is 0 Å². The smallest absolute Gasteiger partial charge is 0.333 e. The maximum atomic E-state index is 11.7. The van der Waals surface area contributed by atoms with Crippen molar-refractivity contribution in [3.05, 3.63) is 11.1 Å². The lowest BCUT2D eigenvalue weighted by molar-refractivity contribution is -0.139. The van der Waals surface area contributed by atoms with Crippen molar-refractivity contribution < 1.29 is 19.0 Å². The Labute approximate surface area is 95.6 Å². The SMILES string of the molecule is CCC(CC1CO1)=C(C)C(=O)OCC1CO1. The number of rotatable bonds is 6. The molecular formula is C12H18O4. The summed E-state index contributed by atoms with van der Waals surface area (Å²) < 4.78 is 15.3. The first kappa shape index (κ1) is 11.6. The summed E-state index contributed by atoms with van der Waals surface area (Å²) in [5.41, 5.74) is 1.88. The van der Waals surface area contributed by atoms with Gasteiger partial charge in [0.05, 0.1) is 19.3 Å². The third-order valence-corrected chi connectivity index (χ3v) is 2.94. The largest absolute Gasteiger partial charge is 0.459 e. The van der Waals surface area contributed by atoms with Crippen LogP contribution in [0, 0.1) is 0 Å². The van der Waals surface area contributed by atoms with Crippen molar-refractivity contribution in [2.24, 2.45) is 0 Å². The highest BCUT2D eigenvalue weighted by Crippen LogP contribution is 2.24. The number of carbonyl (C=O) groups is 1. The van der Waals surface area contributed by atoms with E-state index in [0.29, 0.717) is 19.3 Å². The van der Waals surface area contributed by atoms with Crippen LogP contribution in [0.2, 0.25) is 0 Å². The third kappa shape index (κ3) is 3.32. The molecule has 0 N–H and O–H groups in total. The minimum absolute atomic E-state index is 0.133. The number of hydrogen-bond donors (Lipinski definition) is 0. The quantitative estimate of drug-likeness (QED) is 0.391. The second-order valence-electron chi connectivity index (χ2n) is 4.30. The Bertz CT molecular complexity index is 300. The summed E-state index contributed by atoms with van der Waals surface area (Å²) in [7, 11) is 0. The predicted octanol–water partition coefficient (Wildman–Crippen LogP) is 1.44. The maximum Gasteiger partial charge on any atom is 0.333 e. The minimum Gasteiger partial charge on any atom is -0.459 e. The van der Waals surface area contributed by atoms with Gasteiger partial charge in [-0.2, -0.15) is 0 Å². The molecule has 2 heterocycles. The topological polar surface area (TPSA) is 51.4 Å². The molecule has 0 aromatic heterocycles. The molecule has 0 spiro atoms. The molecule has 0 amide bonds. The summed E-state index contributed by atoms with van der Waals surface area (Å²) in [6.07, 6.45) is 2.19. The number of carbonyl (C=O) groups excluding carboxylic acids is 1. The van der Waals surface area contributed by atoms with Gasteiger partial charge in [0.2, 0.25) is 0 Å². The van der Waals surface area contributed by atoms with E-state index in [9.17, 15) is 4.79 Å². The Morgan fingerprint density at radius 3 is 2.44 bits per heavy atom. The Balaban J connectivity index is 1.86. The highest BCUT2D eigenvalue weighted by atomic mass is 16.6. The van der Waals surface area contributed by atoms with Gasteiger partial charge in [-0.3, -0.25) is 0 Å². The van der Waals surface area contributed by atoms with Gasteiger partial charge in [-0.25, -0.2) is 4.79 Å². The van der Waals surface area contributed by atoms with Crippen LogP contribution in [0.25, 0.3) is 0 Å². The second-order valence-corrected chi connectivity index (χ2v) is 4.30. The molecule has 2 aliphatic rings. The van der Waals surface area contributed by atoms with E-state index in [2.05, 4.69) is 6.92 Å². The Hall–Kier alpha value is -0.870. The number of epoxide rings is 2. The van der Waals surface area contributed by atoms with Crippen molar-refractivity contribution >= 4 is 5.97 Å². The summed E-state index contributed by atoms with van der Waals surface area (Å²) in [5, 5.41) is 0. The van der Waals surface area contributed by atoms with Gasteiger partial charge in [-0.15, -0.1) is 0 Å². The van der Waals surface area contributed by atoms with E-state index in [-0.39, 0.29) is 12.1 Å². The summed E-state index contributed by atoms with van der Waals surface area (Å²) in [6.45, 7) is 5.80. The zero-order valence-corrected chi connectivity index (χ0v) is 9.82. The van der Waals surface area contributed by atoms with Crippen molar-refractivity contribution in [2.75, 3.05) is 19.8 Å². The van der Waals surface area contributed by atoms with Crippen LogP contribution in [-0.2, 0) is 19.0 Å². The lowest BCUT2D eigenvalue weighted by Gasteiger charge is -2.08. The van der Waals surface area contributed by atoms with Crippen LogP contribution >= 0.6 is 0 Å². The average molecular weight is 226 g/mol. The van der Waals surface area contributed by atoms with E-state index >= 15 is 0 Å². The number of esters is 1. The first-order valence-electron chi connectivity index (χ1n) is 5.79. The van der Waals surface area contributed by atoms with E-state index < -0.39 is 0 Å². The fraction of sp³-hybridized carbons (Fsp3) is 0.750. The molecule has 2 rings (SSSR count). The van der Waals surface area contributed by atoms with E-state index in [1.807, 2.05) is 6.92 Å². The molecule has 0 aliphatic carbocycles. The van der Waals surface area contributed by atoms with E-state index in [4.69, 9.17) is 14.2 Å². The van der Waals surface area contributed by atoms with Crippen LogP contribution in [0.15, 0.2) is 11.1 Å². The predicted molar refractivity (Wildman–Crippen MR) is 58.0 cm³/mol. The summed E-state index contributed by atoms with van der Waals surface area (Å²) in [4.78, 5) is 11.7. The highest BCUT2D eigenvalue weighted by Gasteiger charge is 2.27. The lowest BCUT2D eigenvalue weighted by atomic mass is 10.0. The second kappa shape index (κ2) is 4.97. The molecular weight excluding hydrogens is 208 g/mol. The molecule has 0 radical (unpaired) electrons. The molecule has 2 saturated heterocycles. The summed E-state index contributed by atoms with van der Waals surface area (Å²) in [6, 6.07) is 0. The average Bonchev–Trinajstić information content (AvgIpc) is 3.15. The standard InChI is InChI=1S/C12H18O4/c1-3-9(4-10-5-14-10)8(2)12(13)16-7-11-6-15-11/h10-11H,3-7H2,1-2H3. The fourth-order valence-corrected chi connectivity index (χ4v) is 1.61. The highest BCUT2D eigenvalue weighted by molar-refractivity contribution is 5.88.